The van der Waals surface area contributed by atoms with Gasteiger partial charge in [-0.05, 0) is 12.3 Å². The fourth-order valence-corrected chi connectivity index (χ4v) is 1.60. The highest BCUT2D eigenvalue weighted by Crippen LogP contribution is 2.15. The summed E-state index contributed by atoms with van der Waals surface area (Å²) in [6.07, 6.45) is 0.308. The standard InChI is InChI=1S/C11H20N2O2/c1-5-13-9(14)6-8(10(13)15)12-7-11(2,3)4/h8,12H,5-7H2,1-4H3. The van der Waals surface area contributed by atoms with E-state index >= 15 is 0 Å². The molecule has 1 heterocycles. The number of likely N-dealkylation sites (tertiary alicyclic amines) is 1. The monoisotopic (exact) mass is 212 g/mol. The molecule has 1 rings (SSSR count). The van der Waals surface area contributed by atoms with Gasteiger partial charge in [0.15, 0.2) is 0 Å². The SMILES string of the molecule is CCN1C(=O)CC(NCC(C)(C)C)C1=O. The second-order valence-corrected chi connectivity index (χ2v) is 5.17. The Bertz CT molecular complexity index is 268. The van der Waals surface area contributed by atoms with Crippen LogP contribution in [-0.4, -0.2) is 35.8 Å². The predicted octanol–water partition coefficient (Wildman–Crippen LogP) is 0.769. The minimum Gasteiger partial charge on any atom is -0.305 e. The van der Waals surface area contributed by atoms with Crippen molar-refractivity contribution >= 4 is 11.8 Å². The summed E-state index contributed by atoms with van der Waals surface area (Å²) in [7, 11) is 0. The summed E-state index contributed by atoms with van der Waals surface area (Å²) < 4.78 is 0. The lowest BCUT2D eigenvalue weighted by Gasteiger charge is -2.21. The van der Waals surface area contributed by atoms with Crippen LogP contribution in [0, 0.1) is 5.41 Å². The van der Waals surface area contributed by atoms with Crippen LogP contribution in [0.1, 0.15) is 34.1 Å². The molecule has 0 radical (unpaired) electrons. The van der Waals surface area contributed by atoms with E-state index in [1.807, 2.05) is 6.92 Å². The Morgan fingerprint density at radius 2 is 2.00 bits per heavy atom. The molecule has 4 heteroatoms. The number of amides is 2. The van der Waals surface area contributed by atoms with Crippen molar-refractivity contribution in [3.63, 3.8) is 0 Å². The van der Waals surface area contributed by atoms with Gasteiger partial charge < -0.3 is 5.32 Å². The molecule has 1 unspecified atom stereocenters. The van der Waals surface area contributed by atoms with Crippen molar-refractivity contribution in [2.45, 2.75) is 40.2 Å². The zero-order valence-electron chi connectivity index (χ0n) is 9.96. The topological polar surface area (TPSA) is 49.4 Å². The molecule has 0 saturated carbocycles. The third-order valence-corrected chi connectivity index (χ3v) is 2.44. The number of hydrogen-bond donors (Lipinski definition) is 1. The summed E-state index contributed by atoms with van der Waals surface area (Å²) in [5.41, 5.74) is 0.128. The quantitative estimate of drug-likeness (QED) is 0.703. The molecule has 86 valence electrons. The van der Waals surface area contributed by atoms with Crippen LogP contribution in [-0.2, 0) is 9.59 Å². The van der Waals surface area contributed by atoms with Gasteiger partial charge in [0, 0.05) is 13.1 Å². The molecule has 0 bridgehead atoms. The lowest BCUT2D eigenvalue weighted by atomic mass is 9.96. The molecule has 0 aliphatic carbocycles. The van der Waals surface area contributed by atoms with E-state index in [1.165, 1.54) is 4.90 Å². The first-order chi connectivity index (χ1) is 6.85. The second kappa shape index (κ2) is 4.31. The van der Waals surface area contributed by atoms with Gasteiger partial charge in [-0.25, -0.2) is 0 Å². The summed E-state index contributed by atoms with van der Waals surface area (Å²) in [6.45, 7) is 9.33. The van der Waals surface area contributed by atoms with Gasteiger partial charge in [0.2, 0.25) is 11.8 Å². The van der Waals surface area contributed by atoms with Crippen molar-refractivity contribution in [2.24, 2.45) is 5.41 Å². The largest absolute Gasteiger partial charge is 0.305 e. The van der Waals surface area contributed by atoms with Gasteiger partial charge >= 0.3 is 0 Å². The zero-order chi connectivity index (χ0) is 11.6. The molecule has 1 aliphatic heterocycles. The summed E-state index contributed by atoms with van der Waals surface area (Å²) in [4.78, 5) is 24.4. The second-order valence-electron chi connectivity index (χ2n) is 5.17. The first kappa shape index (κ1) is 12.2. The van der Waals surface area contributed by atoms with E-state index in [0.29, 0.717) is 13.0 Å². The van der Waals surface area contributed by atoms with Crippen LogP contribution in [0.4, 0.5) is 0 Å². The van der Waals surface area contributed by atoms with Crippen LogP contribution < -0.4 is 5.32 Å². The van der Waals surface area contributed by atoms with Gasteiger partial charge in [-0.2, -0.15) is 0 Å². The van der Waals surface area contributed by atoms with E-state index in [4.69, 9.17) is 0 Å². The maximum atomic E-state index is 11.7. The maximum absolute atomic E-state index is 11.7. The van der Waals surface area contributed by atoms with Gasteiger partial charge in [0.25, 0.3) is 0 Å². The van der Waals surface area contributed by atoms with Crippen LogP contribution in [0.5, 0.6) is 0 Å². The van der Waals surface area contributed by atoms with Crippen LogP contribution in [0.2, 0.25) is 0 Å². The zero-order valence-corrected chi connectivity index (χ0v) is 9.96. The number of carbonyl (C=O) groups is 2. The van der Waals surface area contributed by atoms with E-state index in [9.17, 15) is 9.59 Å². The van der Waals surface area contributed by atoms with Crippen molar-refractivity contribution in [1.82, 2.24) is 10.2 Å². The van der Waals surface area contributed by atoms with E-state index < -0.39 is 0 Å². The summed E-state index contributed by atoms with van der Waals surface area (Å²) >= 11 is 0. The molecule has 1 aliphatic rings. The molecule has 1 saturated heterocycles. The molecule has 2 amide bonds. The van der Waals surface area contributed by atoms with Crippen molar-refractivity contribution < 1.29 is 9.59 Å². The van der Waals surface area contributed by atoms with Gasteiger partial charge in [-0.3, -0.25) is 14.5 Å². The number of hydrogen-bond acceptors (Lipinski definition) is 3. The molecule has 4 nitrogen and oxygen atoms in total. The van der Waals surface area contributed by atoms with Crippen LogP contribution in [0.25, 0.3) is 0 Å². The molecule has 1 fully saturated rings. The van der Waals surface area contributed by atoms with Crippen LogP contribution in [0.15, 0.2) is 0 Å². The Labute approximate surface area is 91.0 Å². The molecule has 15 heavy (non-hydrogen) atoms. The minimum atomic E-state index is -0.309. The minimum absolute atomic E-state index is 0.0612. The molecule has 1 N–H and O–H groups in total. The van der Waals surface area contributed by atoms with Crippen molar-refractivity contribution in [3.05, 3.63) is 0 Å². The smallest absolute Gasteiger partial charge is 0.246 e. The highest BCUT2D eigenvalue weighted by Gasteiger charge is 2.37. The number of nitrogens with one attached hydrogen (secondary N) is 1. The molecular formula is C11H20N2O2. The Balaban J connectivity index is 2.52. The fraction of sp³-hybridized carbons (Fsp3) is 0.818. The average Bonchev–Trinajstić information content (AvgIpc) is 2.37. The van der Waals surface area contributed by atoms with E-state index in [-0.39, 0.29) is 23.3 Å². The molecular weight excluding hydrogens is 192 g/mol. The van der Waals surface area contributed by atoms with Crippen LogP contribution >= 0.6 is 0 Å². The van der Waals surface area contributed by atoms with Gasteiger partial charge in [0.1, 0.15) is 0 Å². The summed E-state index contributed by atoms with van der Waals surface area (Å²) in [6, 6.07) is -0.309. The number of nitrogens with zero attached hydrogens (tertiary/aromatic N) is 1. The van der Waals surface area contributed by atoms with Crippen molar-refractivity contribution in [2.75, 3.05) is 13.1 Å². The first-order valence-corrected chi connectivity index (χ1v) is 5.43. The third-order valence-electron chi connectivity index (χ3n) is 2.44. The first-order valence-electron chi connectivity index (χ1n) is 5.43. The Hall–Kier alpha value is -0.900. The molecule has 0 aromatic carbocycles. The number of imide groups is 1. The molecule has 0 spiro atoms. The van der Waals surface area contributed by atoms with E-state index in [2.05, 4.69) is 26.1 Å². The molecule has 0 aromatic rings. The number of carbonyl (C=O) groups excluding carboxylic acids is 2. The highest BCUT2D eigenvalue weighted by atomic mass is 16.2. The highest BCUT2D eigenvalue weighted by molar-refractivity contribution is 6.05. The lowest BCUT2D eigenvalue weighted by Crippen LogP contribution is -2.41. The third kappa shape index (κ3) is 3.02. The van der Waals surface area contributed by atoms with Gasteiger partial charge in [-0.15, -0.1) is 0 Å². The summed E-state index contributed by atoms with van der Waals surface area (Å²) in [5.74, 6) is -0.138. The van der Waals surface area contributed by atoms with Crippen molar-refractivity contribution in [3.8, 4) is 0 Å². The van der Waals surface area contributed by atoms with E-state index in [0.717, 1.165) is 6.54 Å². The van der Waals surface area contributed by atoms with Crippen molar-refractivity contribution in [1.29, 1.82) is 0 Å². The Morgan fingerprint density at radius 1 is 1.40 bits per heavy atom. The van der Waals surface area contributed by atoms with Gasteiger partial charge in [0.05, 0.1) is 12.5 Å². The maximum Gasteiger partial charge on any atom is 0.246 e. The number of rotatable bonds is 3. The molecule has 0 aromatic heterocycles. The Morgan fingerprint density at radius 3 is 2.40 bits per heavy atom. The van der Waals surface area contributed by atoms with Crippen LogP contribution in [0.3, 0.4) is 0 Å². The molecule has 1 atom stereocenters. The number of likely N-dealkylation sites (N-methyl/N-ethyl adjacent to an activating group) is 1. The summed E-state index contributed by atoms with van der Waals surface area (Å²) in [5, 5.41) is 3.15. The Kier molecular flexibility index (Phi) is 3.50. The normalized spacial score (nSPS) is 22.7. The lowest BCUT2D eigenvalue weighted by molar-refractivity contribution is -0.138. The van der Waals surface area contributed by atoms with Gasteiger partial charge in [-0.1, -0.05) is 20.8 Å². The fourth-order valence-electron chi connectivity index (χ4n) is 1.60. The van der Waals surface area contributed by atoms with E-state index in [1.54, 1.807) is 0 Å². The average molecular weight is 212 g/mol. The predicted molar refractivity (Wildman–Crippen MR) is 58.3 cm³/mol.